The molecule has 13 nitrogen and oxygen atoms in total. The zero-order chi connectivity index (χ0) is 41.2. The molecule has 3 N–H and O–H groups in total. The molecule has 1 spiro atoms. The summed E-state index contributed by atoms with van der Waals surface area (Å²) in [4.78, 5) is 60.4. The number of imide groups is 1. The number of likely N-dealkylation sites (tertiary alicyclic amines) is 3. The fourth-order valence-corrected chi connectivity index (χ4v) is 9.53. The second kappa shape index (κ2) is 15.2. The Balaban J connectivity index is 0.779. The number of amides is 4. The summed E-state index contributed by atoms with van der Waals surface area (Å²) in [6, 6.07) is 13.0. The van der Waals surface area contributed by atoms with Crippen molar-refractivity contribution in [1.82, 2.24) is 39.9 Å². The Morgan fingerprint density at radius 3 is 2.42 bits per heavy atom. The second-order valence-electron chi connectivity index (χ2n) is 16.8. The fraction of sp³-hybridized carbons (Fsp3) is 0.476. The number of hydrogen-bond donors (Lipinski definition) is 3. The number of piperidine rings is 3. The van der Waals surface area contributed by atoms with Crippen LogP contribution in [0.5, 0.6) is 0 Å². The van der Waals surface area contributed by atoms with E-state index in [-0.39, 0.29) is 35.9 Å². The third kappa shape index (κ3) is 7.66. The first-order valence-electron chi connectivity index (χ1n) is 20.2. The molecule has 4 amide bonds. The van der Waals surface area contributed by atoms with Gasteiger partial charge in [-0.15, -0.1) is 0 Å². The minimum atomic E-state index is -2.90. The van der Waals surface area contributed by atoms with Crippen LogP contribution in [0.2, 0.25) is 5.02 Å². The van der Waals surface area contributed by atoms with Crippen LogP contribution in [0.1, 0.15) is 76.4 Å². The van der Waals surface area contributed by atoms with Gasteiger partial charge in [-0.25, -0.2) is 22.7 Å². The number of carbonyl (C=O) groups excluding carboxylic acids is 4. The van der Waals surface area contributed by atoms with Gasteiger partial charge < -0.3 is 15.5 Å². The Hall–Kier alpha value is -5.06. The van der Waals surface area contributed by atoms with Crippen molar-refractivity contribution in [2.45, 2.75) is 75.2 Å². The molecule has 4 atom stereocenters. The Morgan fingerprint density at radius 1 is 1.00 bits per heavy atom. The Bertz CT molecular complexity index is 2330. The molecule has 1 aliphatic carbocycles. The molecule has 59 heavy (non-hydrogen) atoms. The minimum Gasteiger partial charge on any atom is -0.385 e. The molecule has 17 heteroatoms. The topological polar surface area (TPSA) is 144 Å². The van der Waals surface area contributed by atoms with E-state index in [1.807, 2.05) is 35.2 Å². The molecule has 5 fully saturated rings. The van der Waals surface area contributed by atoms with Crippen LogP contribution in [0.3, 0.4) is 0 Å². The van der Waals surface area contributed by atoms with Crippen molar-refractivity contribution in [2.75, 3.05) is 51.6 Å². The highest BCUT2D eigenvalue weighted by Gasteiger charge is 2.55. The number of alkyl halides is 3. The van der Waals surface area contributed by atoms with E-state index in [0.29, 0.717) is 91.7 Å². The molecule has 0 radical (unpaired) electrons. The van der Waals surface area contributed by atoms with Crippen LogP contribution in [0.25, 0.3) is 16.9 Å². The summed E-state index contributed by atoms with van der Waals surface area (Å²) in [5.74, 6) is -4.84. The van der Waals surface area contributed by atoms with Gasteiger partial charge in [0.25, 0.3) is 17.7 Å². The summed E-state index contributed by atoms with van der Waals surface area (Å²) in [5.41, 5.74) is 4.42. The first-order chi connectivity index (χ1) is 28.3. The third-order valence-electron chi connectivity index (χ3n) is 12.8. The number of anilines is 1. The first kappa shape index (κ1) is 39.4. The van der Waals surface area contributed by atoms with Crippen LogP contribution in [0.15, 0.2) is 54.7 Å². The molecule has 4 aliphatic heterocycles. The van der Waals surface area contributed by atoms with Gasteiger partial charge in [-0.2, -0.15) is 5.10 Å². The predicted octanol–water partition coefficient (Wildman–Crippen LogP) is 4.90. The van der Waals surface area contributed by atoms with Gasteiger partial charge in [0.05, 0.1) is 42.1 Å². The van der Waals surface area contributed by atoms with Gasteiger partial charge in [0.15, 0.2) is 11.3 Å². The highest BCUT2D eigenvalue weighted by atomic mass is 35.5. The lowest BCUT2D eigenvalue weighted by molar-refractivity contribution is -0.174. The largest absolute Gasteiger partial charge is 0.385 e. The molecule has 9 rings (SSSR count). The number of nitrogens with one attached hydrogen (secondary N) is 3. The fourth-order valence-electron chi connectivity index (χ4n) is 9.28. The van der Waals surface area contributed by atoms with Crippen LogP contribution >= 0.6 is 11.6 Å². The molecule has 2 aromatic heterocycles. The smallest absolute Gasteiger partial charge is 0.275 e. The Morgan fingerprint density at radius 2 is 1.75 bits per heavy atom. The number of fused-ring (bicyclic) bond motifs is 1. The van der Waals surface area contributed by atoms with Gasteiger partial charge in [0.1, 0.15) is 6.17 Å². The van der Waals surface area contributed by atoms with Crippen molar-refractivity contribution in [1.29, 1.82) is 0 Å². The maximum Gasteiger partial charge on any atom is 0.275 e. The summed E-state index contributed by atoms with van der Waals surface area (Å²) in [7, 11) is 1.75. The molecule has 0 bridgehead atoms. The van der Waals surface area contributed by atoms with E-state index in [9.17, 15) is 23.6 Å². The number of imidazole rings is 1. The lowest BCUT2D eigenvalue weighted by atomic mass is 9.70. The average molecular weight is 832 g/mol. The zero-order valence-corrected chi connectivity index (χ0v) is 33.3. The standard InChI is InChI=1S/C42H45ClF3N9O4/c1-47-33-18-31(51-55-34(19-48-37(33)55)39(58)49-32-17-30(32)44)25-4-2-24(3-5-25)20-52-13-10-35(42(45,46)23-52)54-21-41(22-54)11-14-53(15-12-41)40(59)26-6-8-29(43)28(16-26)27-7-9-36(56)50-38(27)57/h2-6,8,16,18-19,27,30,32,35,47H,7,9-15,17,20-23H2,1H3,(H,49,58)(H,50,56,57)/t27?,30-,32?,35?/m0/s1. The minimum absolute atomic E-state index is 0.0988. The number of hydrogen-bond acceptors (Lipinski definition) is 9. The normalized spacial score (nSPS) is 25.4. The molecular weight excluding hydrogens is 787 g/mol. The molecule has 5 aliphatic rings. The number of rotatable bonds is 9. The molecule has 2 aromatic carbocycles. The zero-order valence-electron chi connectivity index (χ0n) is 32.5. The van der Waals surface area contributed by atoms with Crippen LogP contribution in [-0.4, -0.2) is 123 Å². The molecular formula is C42H45ClF3N9O4. The van der Waals surface area contributed by atoms with Gasteiger partial charge in [-0.05, 0) is 66.5 Å². The highest BCUT2D eigenvalue weighted by molar-refractivity contribution is 6.32. The van der Waals surface area contributed by atoms with Crippen LogP contribution in [0.4, 0.5) is 18.9 Å². The Kier molecular flexibility index (Phi) is 10.2. The summed E-state index contributed by atoms with van der Waals surface area (Å²) < 4.78 is 46.5. The maximum absolute atomic E-state index is 15.8. The molecule has 310 valence electrons. The van der Waals surface area contributed by atoms with Gasteiger partial charge in [-0.3, -0.25) is 34.3 Å². The lowest BCUT2D eigenvalue weighted by Crippen LogP contribution is -2.68. The summed E-state index contributed by atoms with van der Waals surface area (Å²) in [6.07, 6.45) is 3.01. The monoisotopic (exact) mass is 831 g/mol. The van der Waals surface area contributed by atoms with Gasteiger partial charge >= 0.3 is 0 Å². The average Bonchev–Trinajstić information content (AvgIpc) is 3.71. The van der Waals surface area contributed by atoms with Crippen molar-refractivity contribution in [3.05, 3.63) is 82.1 Å². The van der Waals surface area contributed by atoms with Crippen molar-refractivity contribution >= 4 is 46.6 Å². The number of halogens is 4. The summed E-state index contributed by atoms with van der Waals surface area (Å²) in [6.45, 7) is 2.76. The SMILES string of the molecule is CNc1cc(-c2ccc(CN3CCC(N4CC5(CCN(C(=O)c6ccc(Cl)c(C7CCC(=O)NC7=O)c6)CC5)C4)C(F)(F)C3)cc2)nn2c(C(=O)NC3C[C@@H]3F)cnc12. The number of nitrogens with zero attached hydrogens (tertiary/aromatic N) is 6. The molecule has 4 aromatic rings. The van der Waals surface area contributed by atoms with E-state index < -0.39 is 41.9 Å². The molecule has 6 heterocycles. The van der Waals surface area contributed by atoms with Gasteiger partial charge in [0.2, 0.25) is 11.8 Å². The quantitative estimate of drug-likeness (QED) is 0.201. The Labute approximate surface area is 343 Å². The number of aromatic nitrogens is 3. The maximum atomic E-state index is 15.8. The van der Waals surface area contributed by atoms with Crippen molar-refractivity contribution in [2.24, 2.45) is 5.41 Å². The van der Waals surface area contributed by atoms with E-state index in [4.69, 9.17) is 11.6 Å². The van der Waals surface area contributed by atoms with Crippen molar-refractivity contribution in [3.8, 4) is 11.3 Å². The predicted molar refractivity (Wildman–Crippen MR) is 213 cm³/mol. The molecule has 1 saturated carbocycles. The molecule has 4 saturated heterocycles. The van der Waals surface area contributed by atoms with Gasteiger partial charge in [0, 0.05) is 75.3 Å². The highest BCUT2D eigenvalue weighted by Crippen LogP contribution is 2.46. The van der Waals surface area contributed by atoms with Crippen LogP contribution in [-0.2, 0) is 16.1 Å². The summed E-state index contributed by atoms with van der Waals surface area (Å²) in [5, 5.41) is 13.2. The van der Waals surface area contributed by atoms with Crippen LogP contribution < -0.4 is 16.0 Å². The van der Waals surface area contributed by atoms with E-state index in [1.54, 1.807) is 35.0 Å². The number of benzene rings is 2. The molecule has 3 unspecified atom stereocenters. The van der Waals surface area contributed by atoms with Gasteiger partial charge in [-0.1, -0.05) is 35.9 Å². The van der Waals surface area contributed by atoms with E-state index in [0.717, 1.165) is 24.0 Å². The van der Waals surface area contributed by atoms with Crippen LogP contribution in [0, 0.1) is 5.41 Å². The summed E-state index contributed by atoms with van der Waals surface area (Å²) >= 11 is 6.42. The van der Waals surface area contributed by atoms with E-state index in [1.165, 1.54) is 10.7 Å². The van der Waals surface area contributed by atoms with E-state index in [2.05, 4.69) is 26.0 Å². The van der Waals surface area contributed by atoms with E-state index >= 15 is 8.78 Å². The van der Waals surface area contributed by atoms with Crippen molar-refractivity contribution < 1.29 is 32.3 Å². The third-order valence-corrected chi connectivity index (χ3v) is 13.1. The number of carbonyl (C=O) groups is 4. The lowest BCUT2D eigenvalue weighted by Gasteiger charge is -2.58. The first-order valence-corrected chi connectivity index (χ1v) is 20.5. The second-order valence-corrected chi connectivity index (χ2v) is 17.2. The van der Waals surface area contributed by atoms with Crippen molar-refractivity contribution in [3.63, 3.8) is 0 Å².